The van der Waals surface area contributed by atoms with Crippen LogP contribution in [0, 0.1) is 0 Å². The Hall–Kier alpha value is -3.78. The fourth-order valence-corrected chi connectivity index (χ4v) is 4.31. The molecule has 1 aliphatic rings. The highest BCUT2D eigenvalue weighted by Crippen LogP contribution is 2.40. The quantitative estimate of drug-likeness (QED) is 0.423. The normalized spacial score (nSPS) is 12.6. The maximum atomic E-state index is 12.1. The van der Waals surface area contributed by atoms with Crippen LogP contribution in [0.15, 0.2) is 54.9 Å². The summed E-state index contributed by atoms with van der Waals surface area (Å²) in [6, 6.07) is 13.5. The molecule has 0 bridgehead atoms. The SMILES string of the molecule is CNCCCNC(=O)Oc1ccc2c(-c3c(-c4ccccn4)nn4c3CCC4)ccnc2c1. The summed E-state index contributed by atoms with van der Waals surface area (Å²) in [5.74, 6) is 0.462. The Morgan fingerprint density at radius 3 is 2.91 bits per heavy atom. The van der Waals surface area contributed by atoms with E-state index in [-0.39, 0.29) is 0 Å². The summed E-state index contributed by atoms with van der Waals surface area (Å²) >= 11 is 0. The monoisotopic (exact) mass is 442 g/mol. The average Bonchev–Trinajstić information content (AvgIpc) is 3.43. The van der Waals surface area contributed by atoms with Crippen LogP contribution < -0.4 is 15.4 Å². The maximum absolute atomic E-state index is 12.1. The number of nitrogens with one attached hydrogen (secondary N) is 2. The molecule has 3 aromatic heterocycles. The first-order valence-corrected chi connectivity index (χ1v) is 11.2. The summed E-state index contributed by atoms with van der Waals surface area (Å²) in [7, 11) is 1.88. The molecule has 8 nitrogen and oxygen atoms in total. The first kappa shape index (κ1) is 21.1. The van der Waals surface area contributed by atoms with E-state index in [1.165, 1.54) is 5.69 Å². The molecule has 8 heteroatoms. The largest absolute Gasteiger partial charge is 0.412 e. The van der Waals surface area contributed by atoms with Gasteiger partial charge in [0.2, 0.25) is 0 Å². The Labute approximate surface area is 192 Å². The van der Waals surface area contributed by atoms with Crippen LogP contribution in [-0.2, 0) is 13.0 Å². The topological polar surface area (TPSA) is 94.0 Å². The highest BCUT2D eigenvalue weighted by atomic mass is 16.6. The molecule has 33 heavy (non-hydrogen) atoms. The Bertz CT molecular complexity index is 1290. The lowest BCUT2D eigenvalue weighted by Crippen LogP contribution is -2.29. The van der Waals surface area contributed by atoms with E-state index in [0.717, 1.165) is 65.8 Å². The molecular formula is C25H26N6O2. The van der Waals surface area contributed by atoms with Crippen LogP contribution in [0.2, 0.25) is 0 Å². The van der Waals surface area contributed by atoms with Gasteiger partial charge >= 0.3 is 6.09 Å². The number of nitrogens with zero attached hydrogens (tertiary/aromatic N) is 4. The van der Waals surface area contributed by atoms with Crippen molar-refractivity contribution < 1.29 is 9.53 Å². The van der Waals surface area contributed by atoms with E-state index in [2.05, 4.69) is 25.3 Å². The van der Waals surface area contributed by atoms with Crippen molar-refractivity contribution in [2.24, 2.45) is 0 Å². The summed E-state index contributed by atoms with van der Waals surface area (Å²) in [5, 5.41) is 11.7. The van der Waals surface area contributed by atoms with Crippen LogP contribution in [0.1, 0.15) is 18.5 Å². The second kappa shape index (κ2) is 9.38. The predicted molar refractivity (Wildman–Crippen MR) is 127 cm³/mol. The second-order valence-electron chi connectivity index (χ2n) is 8.02. The summed E-state index contributed by atoms with van der Waals surface area (Å²) < 4.78 is 7.56. The highest BCUT2D eigenvalue weighted by molar-refractivity contribution is 5.99. The number of carbonyl (C=O) groups excluding carboxylic acids is 1. The molecule has 1 aliphatic heterocycles. The van der Waals surface area contributed by atoms with Gasteiger partial charge in [-0.2, -0.15) is 5.10 Å². The smallest absolute Gasteiger partial charge is 0.410 e. The molecule has 1 aromatic carbocycles. The standard InChI is InChI=1S/C25H26N6O2/c1-26-11-5-13-29-25(32)33-17-8-9-18-19(10-14-28-21(18)16-17)23-22-7-4-15-31(22)30-24(23)20-6-2-3-12-27-20/h2-3,6,8-10,12,14,16,26H,4-5,7,11,13,15H2,1H3,(H,29,32). The number of aryl methyl sites for hydroxylation is 1. The average molecular weight is 443 g/mol. The lowest BCUT2D eigenvalue weighted by atomic mass is 9.96. The van der Waals surface area contributed by atoms with Crippen molar-refractivity contribution in [1.82, 2.24) is 30.4 Å². The molecule has 0 atom stereocenters. The number of pyridine rings is 2. The molecule has 0 saturated carbocycles. The second-order valence-corrected chi connectivity index (χ2v) is 8.02. The molecular weight excluding hydrogens is 416 g/mol. The van der Waals surface area contributed by atoms with Crippen LogP contribution >= 0.6 is 0 Å². The molecule has 2 N–H and O–H groups in total. The van der Waals surface area contributed by atoms with Crippen LogP contribution in [0.3, 0.4) is 0 Å². The van der Waals surface area contributed by atoms with Gasteiger partial charge in [0.25, 0.3) is 0 Å². The number of aromatic nitrogens is 4. The van der Waals surface area contributed by atoms with Gasteiger partial charge < -0.3 is 15.4 Å². The van der Waals surface area contributed by atoms with Crippen molar-refractivity contribution in [2.45, 2.75) is 25.8 Å². The number of amides is 1. The van der Waals surface area contributed by atoms with Gasteiger partial charge in [-0.15, -0.1) is 0 Å². The maximum Gasteiger partial charge on any atom is 0.412 e. The third-order valence-corrected chi connectivity index (χ3v) is 5.82. The van der Waals surface area contributed by atoms with E-state index in [1.54, 1.807) is 18.5 Å². The summed E-state index contributed by atoms with van der Waals surface area (Å²) in [6.45, 7) is 2.31. The third kappa shape index (κ3) is 4.29. The molecule has 5 rings (SSSR count). The first-order valence-electron chi connectivity index (χ1n) is 11.2. The van der Waals surface area contributed by atoms with Crippen molar-refractivity contribution >= 4 is 17.0 Å². The fraction of sp³-hybridized carbons (Fsp3) is 0.280. The predicted octanol–water partition coefficient (Wildman–Crippen LogP) is 3.80. The molecule has 0 saturated heterocycles. The number of carbonyl (C=O) groups is 1. The van der Waals surface area contributed by atoms with Gasteiger partial charge in [-0.1, -0.05) is 6.07 Å². The summed E-state index contributed by atoms with van der Waals surface area (Å²) in [4.78, 5) is 21.2. The van der Waals surface area contributed by atoms with E-state index in [1.807, 2.05) is 43.4 Å². The van der Waals surface area contributed by atoms with E-state index in [0.29, 0.717) is 12.3 Å². The Balaban J connectivity index is 1.49. The zero-order chi connectivity index (χ0) is 22.6. The van der Waals surface area contributed by atoms with Gasteiger partial charge in [0.15, 0.2) is 0 Å². The minimum atomic E-state index is -0.464. The van der Waals surface area contributed by atoms with Crippen LogP contribution in [0.5, 0.6) is 5.75 Å². The first-order chi connectivity index (χ1) is 16.2. The molecule has 0 radical (unpaired) electrons. The van der Waals surface area contributed by atoms with E-state index in [4.69, 9.17) is 9.84 Å². The highest BCUT2D eigenvalue weighted by Gasteiger charge is 2.25. The van der Waals surface area contributed by atoms with Crippen molar-refractivity contribution in [1.29, 1.82) is 0 Å². The van der Waals surface area contributed by atoms with Gasteiger partial charge in [0.1, 0.15) is 11.4 Å². The Kier molecular flexibility index (Phi) is 5.99. The zero-order valence-electron chi connectivity index (χ0n) is 18.5. The third-order valence-electron chi connectivity index (χ3n) is 5.82. The minimum Gasteiger partial charge on any atom is -0.410 e. The molecule has 1 amide bonds. The number of hydrogen-bond donors (Lipinski definition) is 2. The van der Waals surface area contributed by atoms with Crippen molar-refractivity contribution in [3.05, 3.63) is 60.6 Å². The Morgan fingerprint density at radius 2 is 2.06 bits per heavy atom. The van der Waals surface area contributed by atoms with E-state index in [9.17, 15) is 4.79 Å². The number of hydrogen-bond acceptors (Lipinski definition) is 6. The minimum absolute atomic E-state index is 0.462. The number of ether oxygens (including phenoxy) is 1. The van der Waals surface area contributed by atoms with Crippen LogP contribution in [0.4, 0.5) is 4.79 Å². The summed E-state index contributed by atoms with van der Waals surface area (Å²) in [5.41, 5.74) is 5.90. The van der Waals surface area contributed by atoms with Gasteiger partial charge in [0, 0.05) is 48.2 Å². The molecule has 0 spiro atoms. The lowest BCUT2D eigenvalue weighted by Gasteiger charge is -2.11. The molecule has 4 aromatic rings. The number of rotatable bonds is 7. The van der Waals surface area contributed by atoms with E-state index >= 15 is 0 Å². The van der Waals surface area contributed by atoms with Gasteiger partial charge in [-0.05, 0) is 68.8 Å². The lowest BCUT2D eigenvalue weighted by molar-refractivity contribution is 0.200. The molecule has 0 unspecified atom stereocenters. The molecule has 168 valence electrons. The summed E-state index contributed by atoms with van der Waals surface area (Å²) in [6.07, 6.45) is 6.02. The van der Waals surface area contributed by atoms with Crippen molar-refractivity contribution in [3.8, 4) is 28.3 Å². The molecule has 0 fully saturated rings. The number of fused-ring (bicyclic) bond motifs is 2. The van der Waals surface area contributed by atoms with E-state index < -0.39 is 6.09 Å². The number of benzene rings is 1. The molecule has 0 aliphatic carbocycles. The van der Waals surface area contributed by atoms with Crippen LogP contribution in [-0.4, -0.2) is 46.0 Å². The van der Waals surface area contributed by atoms with Gasteiger partial charge in [-0.25, -0.2) is 4.79 Å². The zero-order valence-corrected chi connectivity index (χ0v) is 18.5. The van der Waals surface area contributed by atoms with Crippen molar-refractivity contribution in [3.63, 3.8) is 0 Å². The molecule has 4 heterocycles. The fourth-order valence-electron chi connectivity index (χ4n) is 4.31. The van der Waals surface area contributed by atoms with Crippen LogP contribution in [0.25, 0.3) is 33.4 Å². The van der Waals surface area contributed by atoms with Gasteiger partial charge in [0.05, 0.1) is 11.2 Å². The van der Waals surface area contributed by atoms with Gasteiger partial charge in [-0.3, -0.25) is 14.6 Å². The Morgan fingerprint density at radius 1 is 1.12 bits per heavy atom. The van der Waals surface area contributed by atoms with Crippen molar-refractivity contribution in [2.75, 3.05) is 20.1 Å².